The van der Waals surface area contributed by atoms with Crippen LogP contribution in [0.5, 0.6) is 5.75 Å². The van der Waals surface area contributed by atoms with Gasteiger partial charge in [-0.1, -0.05) is 24.3 Å². The highest BCUT2D eigenvalue weighted by molar-refractivity contribution is 5.94. The van der Waals surface area contributed by atoms with Crippen molar-refractivity contribution in [3.05, 3.63) is 58.4 Å². The molecule has 0 saturated carbocycles. The van der Waals surface area contributed by atoms with Gasteiger partial charge in [0.2, 0.25) is 0 Å². The van der Waals surface area contributed by atoms with Crippen LogP contribution in [-0.4, -0.2) is 27.6 Å². The Labute approximate surface area is 135 Å². The summed E-state index contributed by atoms with van der Waals surface area (Å²) < 4.78 is 0. The molecular weight excluding hydrogens is 292 g/mol. The molecular formula is C17H22N4O2. The van der Waals surface area contributed by atoms with Crippen LogP contribution in [0, 0.1) is 12.3 Å². The lowest BCUT2D eigenvalue weighted by molar-refractivity contribution is 0.273. The number of hydrogen-bond donors (Lipinski definition) is 5. The monoisotopic (exact) mass is 314 g/mol. The van der Waals surface area contributed by atoms with Crippen LogP contribution in [0.1, 0.15) is 27.9 Å². The maximum absolute atomic E-state index is 9.91. The van der Waals surface area contributed by atoms with E-state index in [1.54, 1.807) is 13.1 Å². The third kappa shape index (κ3) is 4.28. The van der Waals surface area contributed by atoms with Gasteiger partial charge in [-0.25, -0.2) is 0 Å². The van der Waals surface area contributed by atoms with Crippen LogP contribution in [0.25, 0.3) is 0 Å². The van der Waals surface area contributed by atoms with Crippen molar-refractivity contribution in [2.75, 3.05) is 6.54 Å². The van der Waals surface area contributed by atoms with E-state index in [4.69, 9.17) is 11.1 Å². The van der Waals surface area contributed by atoms with Crippen molar-refractivity contribution in [2.24, 2.45) is 5.73 Å². The Hall–Kier alpha value is -2.44. The number of aliphatic hydroxyl groups is 1. The first-order chi connectivity index (χ1) is 11.0. The second-order valence-electron chi connectivity index (χ2n) is 5.39. The third-order valence-corrected chi connectivity index (χ3v) is 3.75. The van der Waals surface area contributed by atoms with Gasteiger partial charge in [0.1, 0.15) is 11.6 Å². The Balaban J connectivity index is 1.88. The van der Waals surface area contributed by atoms with E-state index in [0.29, 0.717) is 36.3 Å². The molecule has 0 fully saturated rings. The Bertz CT molecular complexity index is 684. The highest BCUT2D eigenvalue weighted by atomic mass is 16.3. The van der Waals surface area contributed by atoms with Crippen LogP contribution in [0.4, 0.5) is 0 Å². The summed E-state index contributed by atoms with van der Waals surface area (Å²) in [6.07, 6.45) is 2.37. The molecule has 23 heavy (non-hydrogen) atoms. The van der Waals surface area contributed by atoms with Gasteiger partial charge in [-0.05, 0) is 31.0 Å². The van der Waals surface area contributed by atoms with Crippen LogP contribution < -0.4 is 11.1 Å². The van der Waals surface area contributed by atoms with Gasteiger partial charge in [-0.2, -0.15) is 0 Å². The van der Waals surface area contributed by atoms with Crippen molar-refractivity contribution in [3.63, 3.8) is 0 Å². The molecule has 0 radical (unpaired) electrons. The molecule has 0 aliphatic carbocycles. The number of aliphatic hydroxyl groups excluding tert-OH is 1. The average molecular weight is 314 g/mol. The van der Waals surface area contributed by atoms with Crippen LogP contribution in [0.2, 0.25) is 0 Å². The molecule has 0 spiro atoms. The molecule has 0 bridgehead atoms. The zero-order chi connectivity index (χ0) is 16.8. The maximum Gasteiger partial charge on any atom is 0.142 e. The maximum atomic E-state index is 9.91. The van der Waals surface area contributed by atoms with Gasteiger partial charge in [0.05, 0.1) is 12.3 Å². The second kappa shape index (κ2) is 7.71. The van der Waals surface area contributed by atoms with Gasteiger partial charge in [0, 0.05) is 23.9 Å². The van der Waals surface area contributed by atoms with Crippen LogP contribution in [0.15, 0.2) is 30.5 Å². The standard InChI is InChI=1S/C17H22N4O2/c1-11-16(23)15(10-22)14(9-21-11)6-7-20-8-12-2-4-13(5-3-12)17(18)19/h2-5,9,20,22-23H,6-8,10H2,1H3,(H3,18,19). The van der Waals surface area contributed by atoms with Gasteiger partial charge in [-0.15, -0.1) is 0 Å². The Kier molecular flexibility index (Phi) is 5.67. The number of aromatic nitrogens is 1. The summed E-state index contributed by atoms with van der Waals surface area (Å²) in [5.41, 5.74) is 9.14. The molecule has 0 unspecified atom stereocenters. The van der Waals surface area contributed by atoms with E-state index in [0.717, 1.165) is 11.1 Å². The van der Waals surface area contributed by atoms with E-state index in [2.05, 4.69) is 10.3 Å². The smallest absolute Gasteiger partial charge is 0.142 e. The summed E-state index contributed by atoms with van der Waals surface area (Å²) >= 11 is 0. The van der Waals surface area contributed by atoms with Crippen molar-refractivity contribution >= 4 is 5.84 Å². The summed E-state index contributed by atoms with van der Waals surface area (Å²) in [6, 6.07) is 7.51. The number of rotatable bonds is 7. The van der Waals surface area contributed by atoms with Crippen molar-refractivity contribution < 1.29 is 10.2 Å². The second-order valence-corrected chi connectivity index (χ2v) is 5.39. The average Bonchev–Trinajstić information content (AvgIpc) is 2.55. The number of nitrogen functional groups attached to an aromatic ring is 1. The van der Waals surface area contributed by atoms with Crippen LogP contribution in [0.3, 0.4) is 0 Å². The largest absolute Gasteiger partial charge is 0.506 e. The molecule has 1 heterocycles. The fourth-order valence-electron chi connectivity index (χ4n) is 2.33. The molecule has 0 amide bonds. The molecule has 0 atom stereocenters. The van der Waals surface area contributed by atoms with Gasteiger partial charge < -0.3 is 21.3 Å². The molecule has 1 aromatic heterocycles. The predicted molar refractivity (Wildman–Crippen MR) is 89.4 cm³/mol. The van der Waals surface area contributed by atoms with E-state index in [1.807, 2.05) is 24.3 Å². The van der Waals surface area contributed by atoms with Crippen LogP contribution in [-0.2, 0) is 19.6 Å². The summed E-state index contributed by atoms with van der Waals surface area (Å²) in [7, 11) is 0. The lowest BCUT2D eigenvalue weighted by Gasteiger charge is -2.11. The molecule has 122 valence electrons. The highest BCUT2D eigenvalue weighted by Crippen LogP contribution is 2.23. The highest BCUT2D eigenvalue weighted by Gasteiger charge is 2.10. The van der Waals surface area contributed by atoms with Crippen molar-refractivity contribution in [3.8, 4) is 5.75 Å². The molecule has 0 saturated heterocycles. The number of hydrogen-bond acceptors (Lipinski definition) is 5. The quantitative estimate of drug-likeness (QED) is 0.299. The van der Waals surface area contributed by atoms with E-state index in [9.17, 15) is 10.2 Å². The number of nitrogens with one attached hydrogen (secondary N) is 2. The molecule has 6 nitrogen and oxygen atoms in total. The normalized spacial score (nSPS) is 10.7. The van der Waals surface area contributed by atoms with Gasteiger partial charge >= 0.3 is 0 Å². The lowest BCUT2D eigenvalue weighted by atomic mass is 10.1. The van der Waals surface area contributed by atoms with Crippen molar-refractivity contribution in [2.45, 2.75) is 26.5 Å². The number of amidine groups is 1. The number of aryl methyl sites for hydroxylation is 1. The molecule has 1 aromatic carbocycles. The summed E-state index contributed by atoms with van der Waals surface area (Å²) in [4.78, 5) is 4.13. The first kappa shape index (κ1) is 16.9. The third-order valence-electron chi connectivity index (χ3n) is 3.75. The minimum atomic E-state index is -0.197. The first-order valence-corrected chi connectivity index (χ1v) is 7.44. The first-order valence-electron chi connectivity index (χ1n) is 7.44. The minimum Gasteiger partial charge on any atom is -0.506 e. The molecule has 0 aliphatic heterocycles. The fraction of sp³-hybridized carbons (Fsp3) is 0.294. The van der Waals surface area contributed by atoms with E-state index < -0.39 is 0 Å². The Morgan fingerprint density at radius 3 is 2.61 bits per heavy atom. The predicted octanol–water partition coefficient (Wildman–Crippen LogP) is 1.20. The topological polar surface area (TPSA) is 115 Å². The number of nitrogens with two attached hydrogens (primary N) is 1. The van der Waals surface area contributed by atoms with Crippen molar-refractivity contribution in [1.82, 2.24) is 10.3 Å². The van der Waals surface area contributed by atoms with Crippen molar-refractivity contribution in [1.29, 1.82) is 5.41 Å². The van der Waals surface area contributed by atoms with E-state index in [1.165, 1.54) is 0 Å². The molecule has 6 N–H and O–H groups in total. The zero-order valence-corrected chi connectivity index (χ0v) is 13.1. The summed E-state index contributed by atoms with van der Waals surface area (Å²) in [5, 5.41) is 30.0. The zero-order valence-electron chi connectivity index (χ0n) is 13.1. The van der Waals surface area contributed by atoms with E-state index in [-0.39, 0.29) is 18.2 Å². The van der Waals surface area contributed by atoms with Gasteiger partial charge in [0.25, 0.3) is 0 Å². The Morgan fingerprint density at radius 2 is 2.00 bits per heavy atom. The SMILES string of the molecule is Cc1ncc(CCNCc2ccc(C(=N)N)cc2)c(CO)c1O. The van der Waals surface area contributed by atoms with E-state index >= 15 is 0 Å². The summed E-state index contributed by atoms with van der Waals surface area (Å²) in [6.45, 7) is 2.90. The van der Waals surface area contributed by atoms with Gasteiger partial charge in [-0.3, -0.25) is 10.4 Å². The van der Waals surface area contributed by atoms with Crippen LogP contribution >= 0.6 is 0 Å². The minimum absolute atomic E-state index is 0.0627. The van der Waals surface area contributed by atoms with Gasteiger partial charge in [0.15, 0.2) is 0 Å². The molecule has 2 rings (SSSR count). The fourth-order valence-corrected chi connectivity index (χ4v) is 2.33. The number of pyridine rings is 1. The number of nitrogens with zero attached hydrogens (tertiary/aromatic N) is 1. The summed E-state index contributed by atoms with van der Waals surface area (Å²) in [5.74, 6) is 0.137. The number of benzene rings is 1. The molecule has 2 aromatic rings. The number of aromatic hydroxyl groups is 1. The lowest BCUT2D eigenvalue weighted by Crippen LogP contribution is -2.18. The Morgan fingerprint density at radius 1 is 1.30 bits per heavy atom. The molecule has 6 heteroatoms. The molecule has 0 aliphatic rings.